The smallest absolute Gasteiger partial charge is 0.408 e. The molecule has 29 heavy (non-hydrogen) atoms. The molecule has 1 saturated heterocycles. The van der Waals surface area contributed by atoms with Crippen LogP contribution in [-0.4, -0.2) is 46.6 Å². The van der Waals surface area contributed by atoms with E-state index >= 15 is 0 Å². The van der Waals surface area contributed by atoms with Crippen molar-refractivity contribution in [3.8, 4) is 0 Å². The predicted octanol–water partition coefficient (Wildman–Crippen LogP) is 3.04. The molecule has 7 nitrogen and oxygen atoms in total. The average Bonchev–Trinajstić information content (AvgIpc) is 3.24. The molecule has 2 fully saturated rings. The van der Waals surface area contributed by atoms with E-state index in [9.17, 15) is 19.5 Å². The van der Waals surface area contributed by atoms with Crippen LogP contribution in [0.2, 0.25) is 0 Å². The zero-order valence-electron chi connectivity index (χ0n) is 17.3. The molecular formula is C22H30N2O5. The van der Waals surface area contributed by atoms with Crippen LogP contribution >= 0.6 is 0 Å². The Kier molecular flexibility index (Phi) is 6.15. The Morgan fingerprint density at radius 2 is 1.90 bits per heavy atom. The molecule has 1 aromatic carbocycles. The van der Waals surface area contributed by atoms with Crippen LogP contribution in [0.25, 0.3) is 0 Å². The highest BCUT2D eigenvalue weighted by Crippen LogP contribution is 2.43. The molecule has 1 aliphatic carbocycles. The summed E-state index contributed by atoms with van der Waals surface area (Å²) in [4.78, 5) is 39.1. The number of nitrogens with one attached hydrogen (secondary N) is 1. The second kappa shape index (κ2) is 8.43. The van der Waals surface area contributed by atoms with Gasteiger partial charge in [-0.05, 0) is 35.7 Å². The van der Waals surface area contributed by atoms with Gasteiger partial charge in [0.25, 0.3) is 0 Å². The molecule has 0 spiro atoms. The van der Waals surface area contributed by atoms with Gasteiger partial charge in [0, 0.05) is 6.54 Å². The Bertz CT molecular complexity index is 758. The molecule has 0 aromatic heterocycles. The largest absolute Gasteiger partial charge is 0.480 e. The number of carbonyl (C=O) groups is 3. The summed E-state index contributed by atoms with van der Waals surface area (Å²) in [5.74, 6) is -1.09. The number of likely N-dealkylation sites (tertiary alicyclic amines) is 1. The monoisotopic (exact) mass is 402 g/mol. The molecule has 2 aliphatic rings. The summed E-state index contributed by atoms with van der Waals surface area (Å²) < 4.78 is 5.28. The van der Waals surface area contributed by atoms with Crippen molar-refractivity contribution >= 4 is 18.0 Å². The van der Waals surface area contributed by atoms with E-state index in [4.69, 9.17) is 4.74 Å². The third-order valence-corrected chi connectivity index (χ3v) is 6.01. The molecule has 3 rings (SSSR count). The van der Waals surface area contributed by atoms with Gasteiger partial charge >= 0.3 is 12.1 Å². The number of amides is 2. The lowest BCUT2D eigenvalue weighted by Gasteiger charge is -2.35. The van der Waals surface area contributed by atoms with Crippen LogP contribution in [0.5, 0.6) is 0 Å². The van der Waals surface area contributed by atoms with Gasteiger partial charge in [0.1, 0.15) is 18.7 Å². The van der Waals surface area contributed by atoms with Gasteiger partial charge < -0.3 is 20.1 Å². The topological polar surface area (TPSA) is 95.9 Å². The van der Waals surface area contributed by atoms with Crippen LogP contribution in [0.3, 0.4) is 0 Å². The highest BCUT2D eigenvalue weighted by Gasteiger charge is 2.51. The number of carbonyl (C=O) groups excluding carboxylic acids is 2. The maximum atomic E-state index is 13.3. The van der Waals surface area contributed by atoms with Gasteiger partial charge in [-0.25, -0.2) is 9.59 Å². The third kappa shape index (κ3) is 4.71. The number of nitrogens with zero attached hydrogens (tertiary/aromatic N) is 1. The molecule has 158 valence electrons. The fourth-order valence-corrected chi connectivity index (χ4v) is 4.55. The summed E-state index contributed by atoms with van der Waals surface area (Å²) in [7, 11) is 0. The Labute approximate surface area is 171 Å². The minimum absolute atomic E-state index is 0.00194. The molecule has 7 heteroatoms. The van der Waals surface area contributed by atoms with Crippen molar-refractivity contribution in [3.05, 3.63) is 35.9 Å². The van der Waals surface area contributed by atoms with Crippen LogP contribution in [0.4, 0.5) is 4.79 Å². The molecule has 1 aromatic rings. The highest BCUT2D eigenvalue weighted by atomic mass is 16.5. The van der Waals surface area contributed by atoms with E-state index in [2.05, 4.69) is 5.32 Å². The van der Waals surface area contributed by atoms with Gasteiger partial charge in [0.05, 0.1) is 0 Å². The standard InChI is InChI=1S/C22H30N2O5/c1-22(2,3)18(23-21(28)29-13-14-8-5-4-6-9-14)19(25)24-12-15-10-7-11-16(15)17(24)20(26)27/h4-6,8-9,15-18H,7,10-13H2,1-3H3,(H,23,28)(H,26,27)/t15?,16?,17?,18-/m1/s1. The number of hydrogen-bond acceptors (Lipinski definition) is 4. The van der Waals surface area contributed by atoms with Crippen molar-refractivity contribution in [2.24, 2.45) is 17.3 Å². The minimum atomic E-state index is -0.966. The second-order valence-electron chi connectivity index (χ2n) is 9.13. The zero-order chi connectivity index (χ0) is 21.2. The van der Waals surface area contributed by atoms with Gasteiger partial charge in [0.2, 0.25) is 5.91 Å². The number of carboxylic acid groups (broad SMARTS) is 1. The SMILES string of the molecule is CC(C)(C)[C@H](NC(=O)OCc1ccccc1)C(=O)N1CC2CCCC2C1C(=O)O. The third-order valence-electron chi connectivity index (χ3n) is 6.01. The Morgan fingerprint density at radius 1 is 1.21 bits per heavy atom. The maximum absolute atomic E-state index is 13.3. The molecule has 1 saturated carbocycles. The lowest BCUT2D eigenvalue weighted by molar-refractivity contribution is -0.151. The summed E-state index contributed by atoms with van der Waals surface area (Å²) >= 11 is 0. The Morgan fingerprint density at radius 3 is 2.52 bits per heavy atom. The summed E-state index contributed by atoms with van der Waals surface area (Å²) in [6, 6.07) is 7.60. The van der Waals surface area contributed by atoms with Crippen molar-refractivity contribution < 1.29 is 24.2 Å². The molecule has 4 atom stereocenters. The fraction of sp³-hybridized carbons (Fsp3) is 0.591. The molecule has 2 N–H and O–H groups in total. The number of carboxylic acids is 1. The van der Waals surface area contributed by atoms with Crippen molar-refractivity contribution in [2.75, 3.05) is 6.54 Å². The first-order valence-electron chi connectivity index (χ1n) is 10.2. The first-order chi connectivity index (χ1) is 13.7. The predicted molar refractivity (Wildman–Crippen MR) is 107 cm³/mol. The van der Waals surface area contributed by atoms with Gasteiger partial charge in [-0.2, -0.15) is 0 Å². The van der Waals surface area contributed by atoms with E-state index < -0.39 is 29.6 Å². The number of ether oxygens (including phenoxy) is 1. The molecule has 3 unspecified atom stereocenters. The lowest BCUT2D eigenvalue weighted by atomic mass is 9.85. The Balaban J connectivity index is 1.70. The second-order valence-corrected chi connectivity index (χ2v) is 9.13. The van der Waals surface area contributed by atoms with Crippen LogP contribution < -0.4 is 5.32 Å². The lowest BCUT2D eigenvalue weighted by Crippen LogP contribution is -2.57. The van der Waals surface area contributed by atoms with E-state index in [-0.39, 0.29) is 24.3 Å². The van der Waals surface area contributed by atoms with Crippen molar-refractivity contribution in [2.45, 2.75) is 58.7 Å². The van der Waals surface area contributed by atoms with Crippen molar-refractivity contribution in [3.63, 3.8) is 0 Å². The average molecular weight is 402 g/mol. The van der Waals surface area contributed by atoms with E-state index in [1.807, 2.05) is 51.1 Å². The minimum Gasteiger partial charge on any atom is -0.480 e. The van der Waals surface area contributed by atoms with Crippen LogP contribution in [-0.2, 0) is 20.9 Å². The highest BCUT2D eigenvalue weighted by molar-refractivity contribution is 5.90. The van der Waals surface area contributed by atoms with Gasteiger partial charge in [-0.15, -0.1) is 0 Å². The van der Waals surface area contributed by atoms with E-state index in [0.717, 1.165) is 24.8 Å². The fourth-order valence-electron chi connectivity index (χ4n) is 4.55. The Hall–Kier alpha value is -2.57. The maximum Gasteiger partial charge on any atom is 0.408 e. The molecule has 1 heterocycles. The van der Waals surface area contributed by atoms with Crippen LogP contribution in [0.1, 0.15) is 45.6 Å². The molecule has 1 aliphatic heterocycles. The molecular weight excluding hydrogens is 372 g/mol. The number of benzene rings is 1. The number of aliphatic carboxylic acids is 1. The quantitative estimate of drug-likeness (QED) is 0.789. The summed E-state index contributed by atoms with van der Waals surface area (Å²) in [6.07, 6.45) is 2.10. The van der Waals surface area contributed by atoms with Crippen molar-refractivity contribution in [1.29, 1.82) is 0 Å². The zero-order valence-corrected chi connectivity index (χ0v) is 17.3. The number of alkyl carbamates (subject to hydrolysis) is 1. The number of hydrogen-bond donors (Lipinski definition) is 2. The first kappa shape index (κ1) is 21.1. The number of fused-ring (bicyclic) bond motifs is 1. The van der Waals surface area contributed by atoms with Gasteiger partial charge in [-0.1, -0.05) is 57.5 Å². The summed E-state index contributed by atoms with van der Waals surface area (Å²) in [5.41, 5.74) is 0.253. The van der Waals surface area contributed by atoms with Gasteiger partial charge in [0.15, 0.2) is 0 Å². The summed E-state index contributed by atoms with van der Waals surface area (Å²) in [6.45, 7) is 6.08. The van der Waals surface area contributed by atoms with Crippen LogP contribution in [0.15, 0.2) is 30.3 Å². The molecule has 2 amide bonds. The number of rotatable bonds is 5. The van der Waals surface area contributed by atoms with Crippen LogP contribution in [0, 0.1) is 17.3 Å². The van der Waals surface area contributed by atoms with E-state index in [1.165, 1.54) is 4.90 Å². The van der Waals surface area contributed by atoms with Crippen molar-refractivity contribution in [1.82, 2.24) is 10.2 Å². The first-order valence-corrected chi connectivity index (χ1v) is 10.2. The van der Waals surface area contributed by atoms with E-state index in [1.54, 1.807) is 0 Å². The molecule has 0 bridgehead atoms. The summed E-state index contributed by atoms with van der Waals surface area (Å²) in [5, 5.41) is 12.4. The normalized spacial score (nSPS) is 24.7. The van der Waals surface area contributed by atoms with Gasteiger partial charge in [-0.3, -0.25) is 4.79 Å². The van der Waals surface area contributed by atoms with E-state index in [0.29, 0.717) is 6.54 Å². The molecule has 0 radical (unpaired) electrons.